The molecular formula is C11H12F2N4. The van der Waals surface area contributed by atoms with Crippen LogP contribution in [0.3, 0.4) is 0 Å². The van der Waals surface area contributed by atoms with Crippen molar-refractivity contribution in [3.63, 3.8) is 0 Å². The summed E-state index contributed by atoms with van der Waals surface area (Å²) in [6.45, 7) is 0.475. The highest BCUT2D eigenvalue weighted by Gasteiger charge is 2.06. The van der Waals surface area contributed by atoms with E-state index in [9.17, 15) is 8.78 Å². The van der Waals surface area contributed by atoms with Crippen molar-refractivity contribution in [2.24, 2.45) is 5.73 Å². The SMILES string of the molecule is NCCc1n[nH]c(Cc2ccc(F)c(F)c2)n1. The van der Waals surface area contributed by atoms with Gasteiger partial charge in [-0.15, -0.1) is 0 Å². The van der Waals surface area contributed by atoms with E-state index in [1.54, 1.807) is 0 Å². The van der Waals surface area contributed by atoms with Crippen molar-refractivity contribution in [1.29, 1.82) is 0 Å². The molecule has 2 aromatic rings. The molecule has 0 spiro atoms. The molecule has 0 aliphatic rings. The van der Waals surface area contributed by atoms with Gasteiger partial charge >= 0.3 is 0 Å². The minimum absolute atomic E-state index is 0.384. The molecule has 1 heterocycles. The Morgan fingerprint density at radius 3 is 2.76 bits per heavy atom. The van der Waals surface area contributed by atoms with Crippen LogP contribution in [0.5, 0.6) is 0 Å². The van der Waals surface area contributed by atoms with E-state index in [2.05, 4.69) is 15.2 Å². The molecular weight excluding hydrogens is 226 g/mol. The zero-order valence-electron chi connectivity index (χ0n) is 9.08. The summed E-state index contributed by atoms with van der Waals surface area (Å²) >= 11 is 0. The summed E-state index contributed by atoms with van der Waals surface area (Å²) in [7, 11) is 0. The fourth-order valence-electron chi connectivity index (χ4n) is 1.50. The lowest BCUT2D eigenvalue weighted by Gasteiger charge is -1.98. The molecule has 17 heavy (non-hydrogen) atoms. The quantitative estimate of drug-likeness (QED) is 0.840. The Morgan fingerprint density at radius 2 is 2.06 bits per heavy atom. The maximum atomic E-state index is 13.0. The average molecular weight is 238 g/mol. The number of H-pyrrole nitrogens is 1. The van der Waals surface area contributed by atoms with Gasteiger partial charge < -0.3 is 5.73 Å². The van der Waals surface area contributed by atoms with Crippen LogP contribution in [0.1, 0.15) is 17.2 Å². The van der Waals surface area contributed by atoms with Crippen molar-refractivity contribution in [3.8, 4) is 0 Å². The number of halogens is 2. The first-order valence-corrected chi connectivity index (χ1v) is 5.23. The number of aromatic nitrogens is 3. The highest BCUT2D eigenvalue weighted by Crippen LogP contribution is 2.11. The molecule has 0 saturated carbocycles. The second-order valence-electron chi connectivity index (χ2n) is 3.66. The molecule has 6 heteroatoms. The fourth-order valence-corrected chi connectivity index (χ4v) is 1.50. The minimum Gasteiger partial charge on any atom is -0.330 e. The van der Waals surface area contributed by atoms with Crippen LogP contribution >= 0.6 is 0 Å². The van der Waals surface area contributed by atoms with Gasteiger partial charge in [-0.1, -0.05) is 6.07 Å². The summed E-state index contributed by atoms with van der Waals surface area (Å²) < 4.78 is 25.7. The topological polar surface area (TPSA) is 67.6 Å². The zero-order valence-corrected chi connectivity index (χ0v) is 9.08. The molecule has 0 unspecified atom stereocenters. The third-order valence-electron chi connectivity index (χ3n) is 2.30. The summed E-state index contributed by atoms with van der Waals surface area (Å²) in [5.41, 5.74) is 6.01. The predicted molar refractivity (Wildman–Crippen MR) is 58.3 cm³/mol. The van der Waals surface area contributed by atoms with E-state index >= 15 is 0 Å². The van der Waals surface area contributed by atoms with E-state index in [4.69, 9.17) is 5.73 Å². The molecule has 1 aromatic heterocycles. The number of aromatic amines is 1. The Bertz CT molecular complexity index is 510. The number of nitrogens with one attached hydrogen (secondary N) is 1. The minimum atomic E-state index is -0.857. The van der Waals surface area contributed by atoms with Gasteiger partial charge in [-0.3, -0.25) is 5.10 Å². The molecule has 0 aliphatic heterocycles. The van der Waals surface area contributed by atoms with Crippen LogP contribution in [-0.2, 0) is 12.8 Å². The molecule has 0 amide bonds. The summed E-state index contributed by atoms with van der Waals surface area (Å²) in [6, 6.07) is 3.77. The van der Waals surface area contributed by atoms with Gasteiger partial charge in [-0.25, -0.2) is 13.8 Å². The first-order chi connectivity index (χ1) is 8.19. The third-order valence-corrected chi connectivity index (χ3v) is 2.30. The third kappa shape index (κ3) is 2.85. The van der Waals surface area contributed by atoms with Crippen molar-refractivity contribution in [2.45, 2.75) is 12.8 Å². The Morgan fingerprint density at radius 1 is 1.24 bits per heavy atom. The average Bonchev–Trinajstić information content (AvgIpc) is 2.72. The molecule has 0 atom stereocenters. The summed E-state index contributed by atoms with van der Waals surface area (Å²) in [5.74, 6) is -0.469. The molecule has 4 nitrogen and oxygen atoms in total. The first-order valence-electron chi connectivity index (χ1n) is 5.23. The van der Waals surface area contributed by atoms with Crippen LogP contribution in [0, 0.1) is 11.6 Å². The van der Waals surface area contributed by atoms with E-state index in [-0.39, 0.29) is 0 Å². The smallest absolute Gasteiger partial charge is 0.159 e. The Hall–Kier alpha value is -1.82. The van der Waals surface area contributed by atoms with Gasteiger partial charge in [-0.05, 0) is 24.2 Å². The lowest BCUT2D eigenvalue weighted by atomic mass is 10.1. The van der Waals surface area contributed by atoms with E-state index in [0.717, 1.165) is 12.1 Å². The standard InChI is InChI=1S/C11H12F2N4/c12-8-2-1-7(5-9(8)13)6-11-15-10(3-4-14)16-17-11/h1-2,5H,3-4,6,14H2,(H,15,16,17). The Balaban J connectivity index is 2.11. The van der Waals surface area contributed by atoms with Gasteiger partial charge in [0.25, 0.3) is 0 Å². The molecule has 1 aromatic carbocycles. The summed E-state index contributed by atoms with van der Waals surface area (Å²) in [5, 5.41) is 6.70. The van der Waals surface area contributed by atoms with E-state index in [1.807, 2.05) is 0 Å². The normalized spacial score (nSPS) is 10.8. The second-order valence-corrected chi connectivity index (χ2v) is 3.66. The first kappa shape index (κ1) is 11.7. The van der Waals surface area contributed by atoms with Crippen LogP contribution in [0.25, 0.3) is 0 Å². The van der Waals surface area contributed by atoms with Crippen molar-refractivity contribution in [2.75, 3.05) is 6.54 Å². The number of nitrogens with zero attached hydrogens (tertiary/aromatic N) is 2. The van der Waals surface area contributed by atoms with Crippen LogP contribution in [0.4, 0.5) is 8.78 Å². The number of nitrogens with two attached hydrogens (primary N) is 1. The van der Waals surface area contributed by atoms with Gasteiger partial charge in [-0.2, -0.15) is 5.10 Å². The monoisotopic (exact) mass is 238 g/mol. The molecule has 0 aliphatic carbocycles. The summed E-state index contributed by atoms with van der Waals surface area (Å²) in [6.07, 6.45) is 0.975. The maximum Gasteiger partial charge on any atom is 0.159 e. The largest absolute Gasteiger partial charge is 0.330 e. The molecule has 3 N–H and O–H groups in total. The van der Waals surface area contributed by atoms with Gasteiger partial charge in [0.2, 0.25) is 0 Å². The van der Waals surface area contributed by atoms with Gasteiger partial charge in [0.05, 0.1) is 0 Å². The van der Waals surface area contributed by atoms with Crippen molar-refractivity contribution in [1.82, 2.24) is 15.2 Å². The number of benzene rings is 1. The van der Waals surface area contributed by atoms with Gasteiger partial charge in [0.1, 0.15) is 5.82 Å². The highest BCUT2D eigenvalue weighted by atomic mass is 19.2. The van der Waals surface area contributed by atoms with Crippen molar-refractivity contribution in [3.05, 3.63) is 47.0 Å². The predicted octanol–water partition coefficient (Wildman–Crippen LogP) is 1.17. The molecule has 90 valence electrons. The highest BCUT2D eigenvalue weighted by molar-refractivity contribution is 5.21. The molecule has 2 rings (SSSR count). The Kier molecular flexibility index (Phi) is 3.43. The molecule has 0 radical (unpaired) electrons. The van der Waals surface area contributed by atoms with E-state index in [1.165, 1.54) is 6.07 Å². The summed E-state index contributed by atoms with van der Waals surface area (Å²) in [4.78, 5) is 4.18. The fraction of sp³-hybridized carbons (Fsp3) is 0.273. The van der Waals surface area contributed by atoms with Gasteiger partial charge in [0, 0.05) is 12.8 Å². The molecule has 0 bridgehead atoms. The lowest BCUT2D eigenvalue weighted by molar-refractivity contribution is 0.507. The van der Waals surface area contributed by atoms with Crippen LogP contribution in [0.2, 0.25) is 0 Å². The van der Waals surface area contributed by atoms with Crippen LogP contribution < -0.4 is 5.73 Å². The zero-order chi connectivity index (χ0) is 12.3. The van der Waals surface area contributed by atoms with Crippen molar-refractivity contribution >= 4 is 0 Å². The van der Waals surface area contributed by atoms with Crippen LogP contribution in [-0.4, -0.2) is 21.7 Å². The second kappa shape index (κ2) is 5.01. The number of hydrogen-bond donors (Lipinski definition) is 2. The molecule has 0 fully saturated rings. The number of rotatable bonds is 4. The van der Waals surface area contributed by atoms with E-state index < -0.39 is 11.6 Å². The van der Waals surface area contributed by atoms with Crippen LogP contribution in [0.15, 0.2) is 18.2 Å². The number of hydrogen-bond acceptors (Lipinski definition) is 3. The maximum absolute atomic E-state index is 13.0. The lowest BCUT2D eigenvalue weighted by Crippen LogP contribution is -2.04. The van der Waals surface area contributed by atoms with Gasteiger partial charge in [0.15, 0.2) is 17.5 Å². The Labute approximate surface area is 96.9 Å². The van der Waals surface area contributed by atoms with E-state index in [0.29, 0.717) is 36.6 Å². The van der Waals surface area contributed by atoms with Crippen molar-refractivity contribution < 1.29 is 8.78 Å². The molecule has 0 saturated heterocycles.